The third-order valence-corrected chi connectivity index (χ3v) is 5.72. The van der Waals surface area contributed by atoms with Crippen LogP contribution in [0.4, 0.5) is 8.78 Å². The lowest BCUT2D eigenvalue weighted by Gasteiger charge is -2.35. The van der Waals surface area contributed by atoms with E-state index >= 15 is 0 Å². The van der Waals surface area contributed by atoms with Gasteiger partial charge in [0.1, 0.15) is 12.4 Å². The third-order valence-electron chi connectivity index (χ3n) is 4.76. The molecule has 3 nitrogen and oxygen atoms in total. The van der Waals surface area contributed by atoms with Crippen LogP contribution in [0.5, 0.6) is 5.75 Å². The molecule has 0 bridgehead atoms. The molecule has 1 saturated carbocycles. The Labute approximate surface area is 152 Å². The van der Waals surface area contributed by atoms with Crippen LogP contribution < -0.4 is 4.74 Å². The molecule has 0 aromatic heterocycles. The summed E-state index contributed by atoms with van der Waals surface area (Å²) in [6.45, 7) is 2.62. The molecule has 0 spiro atoms. The summed E-state index contributed by atoms with van der Waals surface area (Å²) in [6.07, 6.45) is 0.579. The molecule has 2 atom stereocenters. The number of nitriles is 1. The van der Waals surface area contributed by atoms with E-state index in [0.717, 1.165) is 29.9 Å². The number of hydrogen-bond acceptors (Lipinski definition) is 4. The van der Waals surface area contributed by atoms with Crippen molar-refractivity contribution in [2.75, 3.05) is 19.0 Å². The average Bonchev–Trinajstić information content (AvgIpc) is 2.57. The lowest BCUT2D eigenvalue weighted by atomic mass is 9.68. The van der Waals surface area contributed by atoms with Crippen LogP contribution in [0.25, 0.3) is 0 Å². The van der Waals surface area contributed by atoms with Gasteiger partial charge in [-0.2, -0.15) is 5.26 Å². The van der Waals surface area contributed by atoms with Crippen molar-refractivity contribution in [3.63, 3.8) is 0 Å². The quantitative estimate of drug-likeness (QED) is 0.601. The molecule has 6 heteroatoms. The van der Waals surface area contributed by atoms with Crippen molar-refractivity contribution in [3.05, 3.63) is 23.3 Å². The van der Waals surface area contributed by atoms with Gasteiger partial charge in [-0.3, -0.25) is 0 Å². The molecule has 1 N–H and O–H groups in total. The minimum atomic E-state index is -1.84. The molecule has 1 aromatic carbocycles. The molecular weight excluding hydrogens is 344 g/mol. The summed E-state index contributed by atoms with van der Waals surface area (Å²) < 4.78 is 33.2. The van der Waals surface area contributed by atoms with Crippen molar-refractivity contribution in [1.82, 2.24) is 0 Å². The Hall–Kier alpha value is -1.32. The van der Waals surface area contributed by atoms with Crippen LogP contribution in [-0.4, -0.2) is 24.1 Å². The van der Waals surface area contributed by atoms with E-state index in [1.807, 2.05) is 6.92 Å². The molecule has 1 aromatic rings. The van der Waals surface area contributed by atoms with Crippen molar-refractivity contribution >= 4 is 11.8 Å². The molecule has 0 aliphatic heterocycles. The molecule has 1 aliphatic rings. The zero-order valence-electron chi connectivity index (χ0n) is 14.7. The highest BCUT2D eigenvalue weighted by molar-refractivity contribution is 7.99. The molecule has 138 valence electrons. The van der Waals surface area contributed by atoms with Gasteiger partial charge in [0.25, 0.3) is 0 Å². The molecule has 25 heavy (non-hydrogen) atoms. The van der Waals surface area contributed by atoms with Gasteiger partial charge in [-0.05, 0) is 37.7 Å². The SMILES string of the molecule is CCSc1ccc(OCCC2(C#N)CCC2)c(C(F)CF)c1C(C)O. The van der Waals surface area contributed by atoms with Crippen LogP contribution in [0.15, 0.2) is 17.0 Å². The predicted molar refractivity (Wildman–Crippen MR) is 95.3 cm³/mol. The number of hydrogen-bond donors (Lipinski definition) is 1. The number of aliphatic hydroxyl groups is 1. The lowest BCUT2D eigenvalue weighted by molar-refractivity contribution is 0.152. The van der Waals surface area contributed by atoms with E-state index in [0.29, 0.717) is 12.0 Å². The summed E-state index contributed by atoms with van der Waals surface area (Å²) in [7, 11) is 0. The minimum absolute atomic E-state index is 0.0931. The first-order valence-corrected chi connectivity index (χ1v) is 9.68. The Balaban J connectivity index is 2.26. The van der Waals surface area contributed by atoms with Crippen molar-refractivity contribution in [1.29, 1.82) is 5.26 Å². The summed E-state index contributed by atoms with van der Waals surface area (Å²) in [6, 6.07) is 5.77. The highest BCUT2D eigenvalue weighted by Gasteiger charge is 2.37. The van der Waals surface area contributed by atoms with E-state index in [-0.39, 0.29) is 23.3 Å². The van der Waals surface area contributed by atoms with Gasteiger partial charge in [-0.1, -0.05) is 13.3 Å². The summed E-state index contributed by atoms with van der Waals surface area (Å²) in [4.78, 5) is 0.739. The molecule has 1 fully saturated rings. The topological polar surface area (TPSA) is 53.2 Å². The maximum absolute atomic E-state index is 14.3. The second-order valence-corrected chi connectivity index (χ2v) is 7.77. The van der Waals surface area contributed by atoms with Crippen LogP contribution in [0, 0.1) is 16.7 Å². The molecule has 1 aliphatic carbocycles. The van der Waals surface area contributed by atoms with Gasteiger partial charge >= 0.3 is 0 Å². The summed E-state index contributed by atoms with van der Waals surface area (Å²) in [5.41, 5.74) is 0.157. The van der Waals surface area contributed by atoms with Crippen molar-refractivity contribution in [3.8, 4) is 11.8 Å². The highest BCUT2D eigenvalue weighted by Crippen LogP contribution is 2.44. The monoisotopic (exact) mass is 369 g/mol. The number of thioether (sulfide) groups is 1. The normalized spacial score (nSPS) is 18.1. The molecular formula is C19H25F2NO2S. The number of ether oxygens (including phenoxy) is 1. The summed E-state index contributed by atoms with van der Waals surface area (Å²) in [5, 5.41) is 19.4. The van der Waals surface area contributed by atoms with E-state index in [9.17, 15) is 19.1 Å². The predicted octanol–water partition coefficient (Wildman–Crippen LogP) is 5.29. The van der Waals surface area contributed by atoms with E-state index in [2.05, 4.69) is 6.07 Å². The van der Waals surface area contributed by atoms with Crippen LogP contribution in [0.3, 0.4) is 0 Å². The fourth-order valence-electron chi connectivity index (χ4n) is 3.21. The van der Waals surface area contributed by atoms with Gasteiger partial charge in [0.05, 0.1) is 24.2 Å². The molecule has 0 radical (unpaired) electrons. The number of rotatable bonds is 9. The van der Waals surface area contributed by atoms with Crippen molar-refractivity contribution in [2.24, 2.45) is 5.41 Å². The summed E-state index contributed by atoms with van der Waals surface area (Å²) in [5.74, 6) is 1.02. The number of halogens is 2. The Morgan fingerprint density at radius 1 is 1.40 bits per heavy atom. The smallest absolute Gasteiger partial charge is 0.157 e. The molecule has 2 unspecified atom stereocenters. The largest absolute Gasteiger partial charge is 0.493 e. The van der Waals surface area contributed by atoms with E-state index in [1.54, 1.807) is 19.1 Å². The van der Waals surface area contributed by atoms with Crippen LogP contribution in [0.1, 0.15) is 62.9 Å². The second-order valence-electron chi connectivity index (χ2n) is 6.46. The maximum Gasteiger partial charge on any atom is 0.157 e. The Morgan fingerprint density at radius 2 is 2.12 bits per heavy atom. The van der Waals surface area contributed by atoms with Gasteiger partial charge in [0, 0.05) is 22.4 Å². The lowest BCUT2D eigenvalue weighted by Crippen LogP contribution is -2.29. The first kappa shape index (κ1) is 20.0. The van der Waals surface area contributed by atoms with Crippen molar-refractivity contribution in [2.45, 2.75) is 56.7 Å². The summed E-state index contributed by atoms with van der Waals surface area (Å²) >= 11 is 1.48. The maximum atomic E-state index is 14.3. The Kier molecular flexibility index (Phi) is 7.09. The number of nitrogens with zero attached hydrogens (tertiary/aromatic N) is 1. The second kappa shape index (κ2) is 8.86. The van der Waals surface area contributed by atoms with Gasteiger partial charge in [-0.15, -0.1) is 11.8 Å². The third kappa shape index (κ3) is 4.45. The van der Waals surface area contributed by atoms with E-state index in [1.165, 1.54) is 11.8 Å². The van der Waals surface area contributed by atoms with Gasteiger partial charge in [-0.25, -0.2) is 8.78 Å². The molecule has 0 saturated heterocycles. The standard InChI is InChI=1S/C19H25F2NO2S/c1-3-25-16-6-5-15(18(14(21)11-20)17(16)13(2)23)24-10-9-19(12-22)7-4-8-19/h5-6,13-14,23H,3-4,7-11H2,1-2H3. The first-order valence-electron chi connectivity index (χ1n) is 8.69. The highest BCUT2D eigenvalue weighted by atomic mass is 32.2. The zero-order chi connectivity index (χ0) is 18.4. The van der Waals surface area contributed by atoms with Gasteiger partial charge in [0.2, 0.25) is 0 Å². The van der Waals surface area contributed by atoms with Crippen molar-refractivity contribution < 1.29 is 18.6 Å². The van der Waals surface area contributed by atoms with Gasteiger partial charge in [0.15, 0.2) is 6.17 Å². The number of benzene rings is 1. The average molecular weight is 369 g/mol. The van der Waals surface area contributed by atoms with Crippen LogP contribution >= 0.6 is 11.8 Å². The van der Waals surface area contributed by atoms with Crippen LogP contribution in [0.2, 0.25) is 0 Å². The first-order chi connectivity index (χ1) is 12.0. The zero-order valence-corrected chi connectivity index (χ0v) is 15.5. The number of alkyl halides is 2. The van der Waals surface area contributed by atoms with E-state index < -0.39 is 19.0 Å². The molecule has 0 amide bonds. The Morgan fingerprint density at radius 3 is 2.60 bits per heavy atom. The molecule has 2 rings (SSSR count). The fourth-order valence-corrected chi connectivity index (χ4v) is 4.12. The van der Waals surface area contributed by atoms with Gasteiger partial charge < -0.3 is 9.84 Å². The minimum Gasteiger partial charge on any atom is -0.493 e. The van der Waals surface area contributed by atoms with Crippen LogP contribution in [-0.2, 0) is 0 Å². The van der Waals surface area contributed by atoms with E-state index in [4.69, 9.17) is 4.74 Å². The fraction of sp³-hybridized carbons (Fsp3) is 0.632. The molecule has 0 heterocycles. The number of aliphatic hydroxyl groups excluding tert-OH is 1. The Bertz CT molecular complexity index is 627.